The van der Waals surface area contributed by atoms with Gasteiger partial charge in [0.15, 0.2) is 5.82 Å². The molecule has 1 rings (SSSR count). The molecule has 0 aromatic carbocycles. The molecule has 6 heteroatoms. The van der Waals surface area contributed by atoms with Gasteiger partial charge in [-0.25, -0.2) is 0 Å². The Kier molecular flexibility index (Phi) is 4.38. The van der Waals surface area contributed by atoms with Gasteiger partial charge in [0, 0.05) is 19.0 Å². The molecule has 0 fully saturated rings. The summed E-state index contributed by atoms with van der Waals surface area (Å²) in [6.07, 6.45) is 1.64. The van der Waals surface area contributed by atoms with Crippen molar-refractivity contribution in [3.63, 3.8) is 0 Å². The fraction of sp³-hybridized carbons (Fsp3) is 0.400. The van der Waals surface area contributed by atoms with E-state index < -0.39 is 5.97 Å². The predicted octanol–water partition coefficient (Wildman–Crippen LogP) is 0.916. The van der Waals surface area contributed by atoms with Crippen LogP contribution in [0.3, 0.4) is 0 Å². The van der Waals surface area contributed by atoms with Gasteiger partial charge in [-0.2, -0.15) is 5.10 Å². The summed E-state index contributed by atoms with van der Waals surface area (Å²) in [5, 5.41) is 18.4. The highest BCUT2D eigenvalue weighted by atomic mass is 16.4. The smallest absolute Gasteiger partial charge is 0.303 e. The summed E-state index contributed by atoms with van der Waals surface area (Å²) >= 11 is 0. The van der Waals surface area contributed by atoms with Crippen LogP contribution in [-0.2, 0) is 9.59 Å². The highest BCUT2D eigenvalue weighted by Crippen LogP contribution is 2.09. The Bertz CT molecular complexity index is 367. The number of carboxylic acid groups (broad SMARTS) is 1. The molecule has 0 saturated carbocycles. The first-order valence-corrected chi connectivity index (χ1v) is 4.87. The van der Waals surface area contributed by atoms with Crippen molar-refractivity contribution in [3.05, 3.63) is 18.3 Å². The van der Waals surface area contributed by atoms with Gasteiger partial charge in [-0.1, -0.05) is 6.92 Å². The summed E-state index contributed by atoms with van der Waals surface area (Å²) in [7, 11) is 0. The quantitative estimate of drug-likeness (QED) is 0.774. The maximum absolute atomic E-state index is 11.4. The zero-order valence-electron chi connectivity index (χ0n) is 8.88. The van der Waals surface area contributed by atoms with Crippen LogP contribution in [0.1, 0.15) is 19.8 Å². The van der Waals surface area contributed by atoms with Gasteiger partial charge in [0.05, 0.1) is 0 Å². The SMILES string of the molecule is CC(CC(=O)O)CC(=O)Nc1cccnn1. The average Bonchev–Trinajstić information content (AvgIpc) is 2.17. The number of carboxylic acids is 1. The summed E-state index contributed by atoms with van der Waals surface area (Å²) < 4.78 is 0. The first-order valence-electron chi connectivity index (χ1n) is 4.87. The minimum Gasteiger partial charge on any atom is -0.481 e. The average molecular weight is 223 g/mol. The number of aliphatic carboxylic acids is 1. The standard InChI is InChI=1S/C10H13N3O3/c1-7(6-10(15)16)5-9(14)12-8-3-2-4-11-13-8/h2-4,7H,5-6H2,1H3,(H,15,16)(H,12,13,14). The van der Waals surface area contributed by atoms with E-state index in [4.69, 9.17) is 5.11 Å². The number of carbonyl (C=O) groups excluding carboxylic acids is 1. The van der Waals surface area contributed by atoms with Crippen molar-refractivity contribution in [1.29, 1.82) is 0 Å². The zero-order chi connectivity index (χ0) is 12.0. The van der Waals surface area contributed by atoms with E-state index >= 15 is 0 Å². The highest BCUT2D eigenvalue weighted by molar-refractivity contribution is 5.90. The molecular formula is C10H13N3O3. The molecule has 16 heavy (non-hydrogen) atoms. The van der Waals surface area contributed by atoms with Crippen LogP contribution in [0.15, 0.2) is 18.3 Å². The van der Waals surface area contributed by atoms with E-state index in [1.807, 2.05) is 0 Å². The maximum atomic E-state index is 11.4. The first kappa shape index (κ1) is 12.1. The number of carbonyl (C=O) groups is 2. The van der Waals surface area contributed by atoms with E-state index in [9.17, 15) is 9.59 Å². The number of amides is 1. The minimum atomic E-state index is -0.903. The second kappa shape index (κ2) is 5.79. The molecule has 0 radical (unpaired) electrons. The number of hydrogen-bond donors (Lipinski definition) is 2. The monoisotopic (exact) mass is 223 g/mol. The van der Waals surface area contributed by atoms with Gasteiger partial charge in [0.1, 0.15) is 0 Å². The molecule has 0 aliphatic rings. The van der Waals surface area contributed by atoms with Gasteiger partial charge < -0.3 is 10.4 Å². The number of nitrogens with zero attached hydrogens (tertiary/aromatic N) is 2. The summed E-state index contributed by atoms with van der Waals surface area (Å²) in [6, 6.07) is 3.27. The fourth-order valence-corrected chi connectivity index (χ4v) is 1.25. The Hall–Kier alpha value is -1.98. The van der Waals surface area contributed by atoms with Crippen LogP contribution < -0.4 is 5.32 Å². The summed E-state index contributed by atoms with van der Waals surface area (Å²) in [6.45, 7) is 1.71. The largest absolute Gasteiger partial charge is 0.481 e. The molecule has 1 unspecified atom stereocenters. The van der Waals surface area contributed by atoms with E-state index in [1.54, 1.807) is 19.1 Å². The number of aromatic nitrogens is 2. The van der Waals surface area contributed by atoms with Crippen molar-refractivity contribution in [3.8, 4) is 0 Å². The molecule has 0 spiro atoms. The Balaban J connectivity index is 2.39. The zero-order valence-corrected chi connectivity index (χ0v) is 8.88. The van der Waals surface area contributed by atoms with Crippen molar-refractivity contribution < 1.29 is 14.7 Å². The number of rotatable bonds is 5. The van der Waals surface area contributed by atoms with Crippen LogP contribution in [0.2, 0.25) is 0 Å². The highest BCUT2D eigenvalue weighted by Gasteiger charge is 2.12. The molecule has 1 aromatic heterocycles. The number of hydrogen-bond acceptors (Lipinski definition) is 4. The van der Waals surface area contributed by atoms with Crippen LogP contribution >= 0.6 is 0 Å². The molecule has 0 aliphatic heterocycles. The molecular weight excluding hydrogens is 210 g/mol. The molecule has 86 valence electrons. The van der Waals surface area contributed by atoms with Crippen LogP contribution in [0.25, 0.3) is 0 Å². The van der Waals surface area contributed by atoms with Crippen molar-refractivity contribution in [2.75, 3.05) is 5.32 Å². The van der Waals surface area contributed by atoms with E-state index in [1.165, 1.54) is 6.20 Å². The van der Waals surface area contributed by atoms with E-state index in [0.29, 0.717) is 5.82 Å². The van der Waals surface area contributed by atoms with Gasteiger partial charge in [-0.15, -0.1) is 5.10 Å². The number of anilines is 1. The van der Waals surface area contributed by atoms with Crippen molar-refractivity contribution in [1.82, 2.24) is 10.2 Å². The van der Waals surface area contributed by atoms with Gasteiger partial charge in [-0.3, -0.25) is 9.59 Å². The van der Waals surface area contributed by atoms with Crippen LogP contribution in [0.5, 0.6) is 0 Å². The predicted molar refractivity (Wildman–Crippen MR) is 56.7 cm³/mol. The van der Waals surface area contributed by atoms with Gasteiger partial charge in [0.25, 0.3) is 0 Å². The molecule has 1 atom stereocenters. The Morgan fingerprint density at radius 2 is 2.25 bits per heavy atom. The molecule has 2 N–H and O–H groups in total. The lowest BCUT2D eigenvalue weighted by molar-refractivity contribution is -0.138. The summed E-state index contributed by atoms with van der Waals surface area (Å²) in [4.78, 5) is 21.8. The Morgan fingerprint density at radius 1 is 1.50 bits per heavy atom. The summed E-state index contributed by atoms with van der Waals surface area (Å²) in [5.41, 5.74) is 0. The van der Waals surface area contributed by atoms with Gasteiger partial charge in [-0.05, 0) is 18.1 Å². The first-order chi connectivity index (χ1) is 7.58. The molecule has 0 bridgehead atoms. The van der Waals surface area contributed by atoms with Gasteiger partial charge >= 0.3 is 5.97 Å². The lowest BCUT2D eigenvalue weighted by Crippen LogP contribution is -2.17. The van der Waals surface area contributed by atoms with Gasteiger partial charge in [0.2, 0.25) is 5.91 Å². The van der Waals surface area contributed by atoms with Crippen molar-refractivity contribution in [2.45, 2.75) is 19.8 Å². The van der Waals surface area contributed by atoms with E-state index in [0.717, 1.165) is 0 Å². The van der Waals surface area contributed by atoms with Crippen molar-refractivity contribution >= 4 is 17.7 Å². The molecule has 6 nitrogen and oxygen atoms in total. The number of nitrogens with one attached hydrogen (secondary N) is 1. The lowest BCUT2D eigenvalue weighted by Gasteiger charge is -2.08. The molecule has 0 saturated heterocycles. The van der Waals surface area contributed by atoms with E-state index in [2.05, 4.69) is 15.5 Å². The van der Waals surface area contributed by atoms with Crippen molar-refractivity contribution in [2.24, 2.45) is 5.92 Å². The third-order valence-electron chi connectivity index (χ3n) is 1.90. The molecule has 0 aliphatic carbocycles. The van der Waals surface area contributed by atoms with E-state index in [-0.39, 0.29) is 24.7 Å². The normalized spacial score (nSPS) is 11.8. The second-order valence-corrected chi connectivity index (χ2v) is 3.56. The summed E-state index contributed by atoms with van der Waals surface area (Å²) in [5.74, 6) is -0.988. The third kappa shape index (κ3) is 4.50. The Morgan fingerprint density at radius 3 is 2.81 bits per heavy atom. The fourth-order valence-electron chi connectivity index (χ4n) is 1.25. The topological polar surface area (TPSA) is 92.2 Å². The maximum Gasteiger partial charge on any atom is 0.303 e. The molecule has 1 aromatic rings. The Labute approximate surface area is 92.7 Å². The minimum absolute atomic E-state index is 0.0200. The lowest BCUT2D eigenvalue weighted by atomic mass is 10.0. The van der Waals surface area contributed by atoms with Crippen LogP contribution in [-0.4, -0.2) is 27.2 Å². The third-order valence-corrected chi connectivity index (χ3v) is 1.90. The second-order valence-electron chi connectivity index (χ2n) is 3.56. The van der Waals surface area contributed by atoms with Crippen LogP contribution in [0.4, 0.5) is 5.82 Å². The van der Waals surface area contributed by atoms with Crippen LogP contribution in [0, 0.1) is 5.92 Å². The molecule has 1 heterocycles. The molecule has 1 amide bonds.